The number of ether oxygens (including phenoxy) is 1. The first-order valence-corrected chi connectivity index (χ1v) is 13.0. The molecule has 3 N–H and O–H groups in total. The molecule has 4 atom stereocenters. The predicted octanol–water partition coefficient (Wildman–Crippen LogP) is 4.31. The van der Waals surface area contributed by atoms with Crippen molar-refractivity contribution < 1.29 is 23.4 Å². The van der Waals surface area contributed by atoms with Crippen LogP contribution in [-0.2, 0) is 7.05 Å². The Balaban J connectivity index is 1.56. The average molecular weight is 579 g/mol. The third-order valence-electron chi connectivity index (χ3n) is 7.65. The van der Waals surface area contributed by atoms with E-state index in [-0.39, 0.29) is 50.2 Å². The molecule has 2 bridgehead atoms. The van der Waals surface area contributed by atoms with Crippen LogP contribution in [0.5, 0.6) is 5.75 Å². The zero-order valence-electron chi connectivity index (χ0n) is 20.6. The summed E-state index contributed by atoms with van der Waals surface area (Å²) in [5, 5.41) is 16.7. The van der Waals surface area contributed by atoms with Crippen LogP contribution in [0.1, 0.15) is 19.8 Å². The quantitative estimate of drug-likeness (QED) is 0.308. The van der Waals surface area contributed by atoms with Crippen molar-refractivity contribution >= 4 is 51.1 Å². The van der Waals surface area contributed by atoms with E-state index in [0.29, 0.717) is 24.8 Å². The van der Waals surface area contributed by atoms with Crippen LogP contribution in [0.2, 0.25) is 10.3 Å². The maximum Gasteiger partial charge on any atom is 0.407 e. The highest BCUT2D eigenvalue weighted by molar-refractivity contribution is 6.36. The van der Waals surface area contributed by atoms with Crippen molar-refractivity contribution in [2.75, 3.05) is 6.54 Å². The Hall–Kier alpha value is -3.48. The number of hydrogen-bond donors (Lipinski definition) is 3. The number of carboxylic acid groups (broad SMARTS) is 1. The third kappa shape index (κ3) is 3.92. The Morgan fingerprint density at radius 1 is 1.26 bits per heavy atom. The zero-order valence-corrected chi connectivity index (χ0v) is 22.1. The van der Waals surface area contributed by atoms with Gasteiger partial charge in [0.05, 0.1) is 28.8 Å². The van der Waals surface area contributed by atoms with Crippen LogP contribution in [0.4, 0.5) is 13.6 Å². The van der Waals surface area contributed by atoms with Crippen molar-refractivity contribution in [2.45, 2.75) is 44.0 Å². The fourth-order valence-corrected chi connectivity index (χ4v) is 6.46. The molecule has 4 aromatic rings. The lowest BCUT2D eigenvalue weighted by atomic mass is 9.98. The standard InChI is InChI=1S/C25H22Cl2F2N6O4/c1-9(19-13-6-4-11(8-30-19)35(13)25(37)38)39-22-16-20(32-24(27)33-23(16)36)18(29)15(17(22)26)14-12(28)5-3-10-7-31-34(2)21(10)14/h3,5,7,9,11,13,19,30H,4,6,8H2,1-2H3,(H,37,38)(H,32,33,36)/t9?,11-,13+,19-/m1/s1. The van der Waals surface area contributed by atoms with Gasteiger partial charge >= 0.3 is 6.09 Å². The van der Waals surface area contributed by atoms with Gasteiger partial charge < -0.3 is 15.2 Å². The second-order valence-electron chi connectivity index (χ2n) is 9.79. The molecule has 2 aliphatic rings. The van der Waals surface area contributed by atoms with E-state index in [1.165, 1.54) is 27.9 Å². The van der Waals surface area contributed by atoms with Crippen molar-refractivity contribution in [3.63, 3.8) is 0 Å². The molecule has 0 aliphatic carbocycles. The molecule has 2 aromatic heterocycles. The minimum absolute atomic E-state index is 0.144. The Morgan fingerprint density at radius 2 is 2.03 bits per heavy atom. The van der Waals surface area contributed by atoms with Crippen molar-refractivity contribution in [3.8, 4) is 16.9 Å². The Labute approximate surface area is 229 Å². The summed E-state index contributed by atoms with van der Waals surface area (Å²) in [4.78, 5) is 32.7. The lowest BCUT2D eigenvalue weighted by Crippen LogP contribution is -2.63. The number of benzene rings is 2. The van der Waals surface area contributed by atoms with Gasteiger partial charge in [-0.25, -0.2) is 18.6 Å². The fraction of sp³-hybridized carbons (Fsp3) is 0.360. The van der Waals surface area contributed by atoms with E-state index in [1.54, 1.807) is 14.0 Å². The summed E-state index contributed by atoms with van der Waals surface area (Å²) in [7, 11) is 1.58. The number of amides is 1. The van der Waals surface area contributed by atoms with Crippen molar-refractivity contribution in [2.24, 2.45) is 7.05 Å². The monoisotopic (exact) mass is 578 g/mol. The molecule has 204 valence electrons. The van der Waals surface area contributed by atoms with Crippen LogP contribution in [0, 0.1) is 11.6 Å². The number of H-pyrrole nitrogens is 1. The molecule has 2 fully saturated rings. The van der Waals surface area contributed by atoms with Gasteiger partial charge in [-0.3, -0.25) is 19.4 Å². The van der Waals surface area contributed by atoms with E-state index in [1.807, 2.05) is 0 Å². The first-order valence-electron chi connectivity index (χ1n) is 12.2. The molecule has 2 aromatic carbocycles. The molecule has 4 heterocycles. The van der Waals surface area contributed by atoms with Crippen molar-refractivity contribution in [1.29, 1.82) is 0 Å². The largest absolute Gasteiger partial charge is 0.486 e. The van der Waals surface area contributed by atoms with E-state index in [2.05, 4.69) is 20.4 Å². The second kappa shape index (κ2) is 9.32. The number of carbonyl (C=O) groups is 1. The minimum atomic E-state index is -1.05. The summed E-state index contributed by atoms with van der Waals surface area (Å²) in [5.74, 6) is -2.05. The number of nitrogens with zero attached hydrogens (tertiary/aromatic N) is 4. The lowest BCUT2D eigenvalue weighted by Gasteiger charge is -2.41. The molecular formula is C25H22Cl2F2N6O4. The summed E-state index contributed by atoms with van der Waals surface area (Å²) in [5.41, 5.74) is -1.53. The van der Waals surface area contributed by atoms with E-state index >= 15 is 8.78 Å². The number of piperazine rings is 1. The number of aromatic amines is 1. The summed E-state index contributed by atoms with van der Waals surface area (Å²) < 4.78 is 39.2. The summed E-state index contributed by atoms with van der Waals surface area (Å²) in [6.45, 7) is 2.12. The maximum absolute atomic E-state index is 16.2. The normalized spacial score (nSPS) is 21.6. The molecule has 0 spiro atoms. The molecule has 1 unspecified atom stereocenters. The number of halogens is 4. The highest BCUT2D eigenvalue weighted by atomic mass is 35.5. The topological polar surface area (TPSA) is 125 Å². The number of aryl methyl sites for hydroxylation is 1. The van der Waals surface area contributed by atoms with Crippen LogP contribution < -0.4 is 15.6 Å². The van der Waals surface area contributed by atoms with Gasteiger partial charge in [0.1, 0.15) is 22.8 Å². The van der Waals surface area contributed by atoms with Crippen LogP contribution in [0.3, 0.4) is 0 Å². The predicted molar refractivity (Wildman–Crippen MR) is 141 cm³/mol. The molecular weight excluding hydrogens is 557 g/mol. The Kier molecular flexibility index (Phi) is 6.16. The molecule has 14 heteroatoms. The van der Waals surface area contributed by atoms with Crippen LogP contribution >= 0.6 is 23.2 Å². The molecule has 0 saturated carbocycles. The highest BCUT2D eigenvalue weighted by Gasteiger charge is 2.47. The third-order valence-corrected chi connectivity index (χ3v) is 8.19. The smallest absolute Gasteiger partial charge is 0.407 e. The Morgan fingerprint density at radius 3 is 2.77 bits per heavy atom. The van der Waals surface area contributed by atoms with Gasteiger partial charge in [0.25, 0.3) is 5.56 Å². The number of aromatic nitrogens is 4. The molecule has 1 amide bonds. The zero-order chi connectivity index (χ0) is 27.7. The van der Waals surface area contributed by atoms with E-state index < -0.39 is 40.9 Å². The van der Waals surface area contributed by atoms with Gasteiger partial charge in [-0.2, -0.15) is 5.10 Å². The first kappa shape index (κ1) is 25.8. The van der Waals surface area contributed by atoms with E-state index in [0.717, 1.165) is 0 Å². The van der Waals surface area contributed by atoms with Crippen molar-refractivity contribution in [1.82, 2.24) is 30.0 Å². The molecule has 39 heavy (non-hydrogen) atoms. The van der Waals surface area contributed by atoms with Crippen LogP contribution in [-0.4, -0.2) is 66.6 Å². The molecule has 2 aliphatic heterocycles. The summed E-state index contributed by atoms with van der Waals surface area (Å²) >= 11 is 12.7. The van der Waals surface area contributed by atoms with Gasteiger partial charge in [0, 0.05) is 36.1 Å². The molecule has 2 saturated heterocycles. The second-order valence-corrected chi connectivity index (χ2v) is 10.5. The van der Waals surface area contributed by atoms with Gasteiger partial charge in [-0.1, -0.05) is 11.6 Å². The van der Waals surface area contributed by atoms with Crippen molar-refractivity contribution in [3.05, 3.63) is 50.6 Å². The van der Waals surface area contributed by atoms with E-state index in [9.17, 15) is 14.7 Å². The molecule has 0 radical (unpaired) electrons. The average Bonchev–Trinajstić information content (AvgIpc) is 3.40. The summed E-state index contributed by atoms with van der Waals surface area (Å²) in [6.07, 6.45) is 1.07. The number of rotatable bonds is 4. The first-order chi connectivity index (χ1) is 18.6. The van der Waals surface area contributed by atoms with Gasteiger partial charge in [-0.15, -0.1) is 0 Å². The number of hydrogen-bond acceptors (Lipinski definition) is 6. The lowest BCUT2D eigenvalue weighted by molar-refractivity contribution is 0.0558. The van der Waals surface area contributed by atoms with Gasteiger partial charge in [-0.05, 0) is 43.5 Å². The minimum Gasteiger partial charge on any atom is -0.486 e. The van der Waals surface area contributed by atoms with Crippen LogP contribution in [0.25, 0.3) is 32.9 Å². The molecule has 10 nitrogen and oxygen atoms in total. The molecule has 6 rings (SSSR count). The van der Waals surface area contributed by atoms with Gasteiger partial charge in [0.15, 0.2) is 11.6 Å². The summed E-state index contributed by atoms with van der Waals surface area (Å²) in [6, 6.07) is 1.69. The Bertz CT molecular complexity index is 1730. The van der Waals surface area contributed by atoms with Crippen LogP contribution in [0.15, 0.2) is 23.1 Å². The SMILES string of the molecule is CC(Oc1c(Cl)c(-c2c(F)ccc3cnn(C)c23)c(F)c2nc(Cl)[nH]c(=O)c12)[C@H]1NC[C@H]2CC[C@@H]1N2C(=O)O. The highest BCUT2D eigenvalue weighted by Crippen LogP contribution is 2.46. The maximum atomic E-state index is 16.2. The number of fused-ring (bicyclic) bond motifs is 4. The fourth-order valence-electron chi connectivity index (χ4n) is 5.97. The van der Waals surface area contributed by atoms with E-state index in [4.69, 9.17) is 27.9 Å². The number of nitrogens with one attached hydrogen (secondary N) is 2. The van der Waals surface area contributed by atoms with Gasteiger partial charge in [0.2, 0.25) is 5.28 Å².